The predicted molar refractivity (Wildman–Crippen MR) is 373 cm³/mol. The minimum absolute atomic E-state index is 0.0141. The Morgan fingerprint density at radius 3 is 1.59 bits per heavy atom. The molecule has 0 atom stereocenters. The standard InChI is InChI=1S/C81H73BN4O/c1-50-42-73-77-74(43-50)86(78-51(2)44-54(45-52(78)3)53-26-38-66-65-23-17-19-25-75(65)87-76(66)46-53)72-49-62(37-41-68(72)82(77)67-40-31-57(81(10,11)12)47-71(67)85(73)60-34-29-56(30-35-60)80(7,8)9)83(59-32-27-55(28-33-59)79(4,5)6)61-36-39-64-63-22-16-18-24-69(63)84(70(64)48-61)58-20-14-13-15-21-58/h13-49H,1-12H3. The molecule has 2 aromatic heterocycles. The quantitative estimate of drug-likeness (QED) is 0.149. The van der Waals surface area contributed by atoms with Crippen LogP contribution in [0.5, 0.6) is 0 Å². The summed E-state index contributed by atoms with van der Waals surface area (Å²) in [6, 6.07) is 84.7. The average Bonchev–Trinajstić information content (AvgIpc) is 1.37. The van der Waals surface area contributed by atoms with Crippen molar-refractivity contribution in [2.75, 3.05) is 14.7 Å². The summed E-state index contributed by atoms with van der Waals surface area (Å²) in [4.78, 5) is 7.69. The number of furan rings is 1. The smallest absolute Gasteiger partial charge is 0.252 e. The van der Waals surface area contributed by atoms with E-state index in [0.29, 0.717) is 0 Å². The lowest BCUT2D eigenvalue weighted by molar-refractivity contribution is 0.590. The number of aromatic nitrogens is 1. The first kappa shape index (κ1) is 54.2. The Bertz CT molecular complexity index is 4890. The summed E-state index contributed by atoms with van der Waals surface area (Å²) in [6.07, 6.45) is 0. The minimum atomic E-state index is -0.0724. The molecule has 0 N–H and O–H groups in total. The maximum absolute atomic E-state index is 6.49. The molecule has 0 amide bonds. The third-order valence-electron chi connectivity index (χ3n) is 18.7. The molecule has 0 unspecified atom stereocenters. The summed E-state index contributed by atoms with van der Waals surface area (Å²) in [5.74, 6) is 0. The molecule has 11 aromatic carbocycles. The number of rotatable bonds is 7. The topological polar surface area (TPSA) is 27.8 Å². The summed E-state index contributed by atoms with van der Waals surface area (Å²) < 4.78 is 8.92. The molecule has 0 bridgehead atoms. The normalized spacial score (nSPS) is 13.2. The summed E-state index contributed by atoms with van der Waals surface area (Å²) in [5, 5.41) is 4.72. The van der Waals surface area contributed by atoms with Gasteiger partial charge in [0.15, 0.2) is 0 Å². The monoisotopic (exact) mass is 1130 g/mol. The molecule has 4 heterocycles. The van der Waals surface area contributed by atoms with Gasteiger partial charge in [0.1, 0.15) is 11.2 Å². The van der Waals surface area contributed by atoms with Gasteiger partial charge in [0.25, 0.3) is 6.71 Å². The van der Waals surface area contributed by atoms with E-state index in [-0.39, 0.29) is 23.0 Å². The Hall–Kier alpha value is -9.52. The molecule has 2 aliphatic heterocycles. The fraction of sp³-hybridized carbons (Fsp3) is 0.185. The fourth-order valence-electron chi connectivity index (χ4n) is 14.2. The molecule has 87 heavy (non-hydrogen) atoms. The van der Waals surface area contributed by atoms with E-state index >= 15 is 0 Å². The lowest BCUT2D eigenvalue weighted by Gasteiger charge is -2.45. The average molecular weight is 1130 g/mol. The van der Waals surface area contributed by atoms with Crippen LogP contribution in [0.15, 0.2) is 229 Å². The first-order chi connectivity index (χ1) is 41.8. The van der Waals surface area contributed by atoms with Gasteiger partial charge in [0.05, 0.1) is 16.7 Å². The van der Waals surface area contributed by atoms with Gasteiger partial charge >= 0.3 is 0 Å². The van der Waals surface area contributed by atoms with Crippen LogP contribution in [0.3, 0.4) is 0 Å². The zero-order valence-corrected chi connectivity index (χ0v) is 52.1. The van der Waals surface area contributed by atoms with Gasteiger partial charge in [-0.2, -0.15) is 0 Å². The van der Waals surface area contributed by atoms with E-state index in [2.05, 4.69) is 321 Å². The van der Waals surface area contributed by atoms with Crippen LogP contribution in [0.2, 0.25) is 0 Å². The maximum Gasteiger partial charge on any atom is 0.252 e. The lowest BCUT2D eigenvalue weighted by Crippen LogP contribution is -2.61. The largest absolute Gasteiger partial charge is 0.456 e. The third-order valence-corrected chi connectivity index (χ3v) is 18.7. The Morgan fingerprint density at radius 1 is 0.368 bits per heavy atom. The molecule has 0 aliphatic carbocycles. The summed E-state index contributed by atoms with van der Waals surface area (Å²) >= 11 is 0. The van der Waals surface area contributed by atoms with E-state index in [4.69, 9.17) is 4.42 Å². The number of hydrogen-bond acceptors (Lipinski definition) is 4. The summed E-state index contributed by atoms with van der Waals surface area (Å²) in [6.45, 7) is 27.6. The maximum atomic E-state index is 6.49. The van der Waals surface area contributed by atoms with E-state index < -0.39 is 0 Å². The molecule has 15 rings (SSSR count). The number of anilines is 9. The number of aryl methyl sites for hydroxylation is 3. The van der Waals surface area contributed by atoms with Crippen LogP contribution < -0.4 is 31.1 Å². The zero-order chi connectivity index (χ0) is 60.0. The fourth-order valence-corrected chi connectivity index (χ4v) is 14.2. The zero-order valence-electron chi connectivity index (χ0n) is 52.1. The van der Waals surface area contributed by atoms with E-state index in [1.807, 2.05) is 6.07 Å². The molecule has 0 saturated heterocycles. The van der Waals surface area contributed by atoms with Crippen molar-refractivity contribution in [3.63, 3.8) is 0 Å². The molecule has 0 saturated carbocycles. The van der Waals surface area contributed by atoms with Gasteiger partial charge in [0.2, 0.25) is 0 Å². The lowest BCUT2D eigenvalue weighted by atomic mass is 9.33. The van der Waals surface area contributed by atoms with Crippen molar-refractivity contribution in [1.82, 2.24) is 4.57 Å². The van der Waals surface area contributed by atoms with Crippen LogP contribution in [0.25, 0.3) is 60.6 Å². The second-order valence-corrected chi connectivity index (χ2v) is 27.7. The summed E-state index contributed by atoms with van der Waals surface area (Å²) in [5.41, 5.74) is 29.2. The van der Waals surface area contributed by atoms with Gasteiger partial charge in [-0.1, -0.05) is 172 Å². The Morgan fingerprint density at radius 2 is 0.897 bits per heavy atom. The highest BCUT2D eigenvalue weighted by Crippen LogP contribution is 2.50. The van der Waals surface area contributed by atoms with Crippen molar-refractivity contribution in [3.05, 3.63) is 258 Å². The predicted octanol–water partition coefficient (Wildman–Crippen LogP) is 20.7. The van der Waals surface area contributed by atoms with Crippen LogP contribution in [0.1, 0.15) is 95.7 Å². The van der Waals surface area contributed by atoms with Crippen molar-refractivity contribution in [3.8, 4) is 16.8 Å². The van der Waals surface area contributed by atoms with Crippen molar-refractivity contribution in [2.45, 2.75) is 99.3 Å². The second-order valence-electron chi connectivity index (χ2n) is 27.7. The highest BCUT2D eigenvalue weighted by atomic mass is 16.3. The van der Waals surface area contributed by atoms with Crippen molar-refractivity contribution in [2.24, 2.45) is 0 Å². The number of para-hydroxylation sites is 3. The molecule has 6 heteroatoms. The van der Waals surface area contributed by atoms with Crippen LogP contribution >= 0.6 is 0 Å². The Kier molecular flexibility index (Phi) is 12.3. The van der Waals surface area contributed by atoms with E-state index in [1.165, 1.54) is 88.8 Å². The third kappa shape index (κ3) is 8.89. The Balaban J connectivity index is 0.989. The molecule has 0 radical (unpaired) electrons. The first-order valence-electron chi connectivity index (χ1n) is 30.9. The number of hydrogen-bond donors (Lipinski definition) is 0. The molecular weight excluding hydrogens is 1060 g/mol. The molecule has 5 nitrogen and oxygen atoms in total. The van der Waals surface area contributed by atoms with Crippen molar-refractivity contribution < 1.29 is 4.42 Å². The van der Waals surface area contributed by atoms with Crippen molar-refractivity contribution >= 4 is 118 Å². The van der Waals surface area contributed by atoms with Crippen LogP contribution in [-0.2, 0) is 16.2 Å². The van der Waals surface area contributed by atoms with Gasteiger partial charge in [-0.3, -0.25) is 0 Å². The first-order valence-corrected chi connectivity index (χ1v) is 30.9. The van der Waals surface area contributed by atoms with E-state index in [1.54, 1.807) is 0 Å². The van der Waals surface area contributed by atoms with Gasteiger partial charge in [-0.05, 0) is 213 Å². The van der Waals surface area contributed by atoms with Gasteiger partial charge in [0, 0.05) is 72.7 Å². The molecule has 13 aromatic rings. The number of benzene rings is 11. The highest BCUT2D eigenvalue weighted by Gasteiger charge is 2.45. The van der Waals surface area contributed by atoms with Crippen LogP contribution in [-0.4, -0.2) is 11.3 Å². The Labute approximate surface area is 512 Å². The van der Waals surface area contributed by atoms with E-state index in [0.717, 1.165) is 72.7 Å². The van der Waals surface area contributed by atoms with Crippen LogP contribution in [0.4, 0.5) is 51.2 Å². The SMILES string of the molecule is Cc1cc2c3c(c1)N(c1c(C)cc(-c4ccc5c(c4)oc4ccccc45)cc1C)c1cc(N(c4ccc(C(C)(C)C)cc4)c4ccc5c6ccccc6n(-c6ccccc6)c5c4)ccc1B3c1ccc(C(C)(C)C)cc1N2c1ccc(C(C)(C)C)cc1. The number of fused-ring (bicyclic) bond motifs is 10. The molecule has 2 aliphatic rings. The van der Waals surface area contributed by atoms with Gasteiger partial charge in [-0.15, -0.1) is 0 Å². The molecule has 426 valence electrons. The molecule has 0 spiro atoms. The van der Waals surface area contributed by atoms with Crippen molar-refractivity contribution in [1.29, 1.82) is 0 Å². The molecule has 0 fully saturated rings. The number of nitrogens with zero attached hydrogens (tertiary/aromatic N) is 4. The second kappa shape index (κ2) is 19.8. The van der Waals surface area contributed by atoms with Gasteiger partial charge in [-0.25, -0.2) is 0 Å². The highest BCUT2D eigenvalue weighted by molar-refractivity contribution is 7.00. The van der Waals surface area contributed by atoms with E-state index in [9.17, 15) is 0 Å². The minimum Gasteiger partial charge on any atom is -0.456 e. The van der Waals surface area contributed by atoms with Gasteiger partial charge < -0.3 is 23.7 Å². The summed E-state index contributed by atoms with van der Waals surface area (Å²) in [7, 11) is 0. The molecular formula is C81H73BN4O. The van der Waals surface area contributed by atoms with Crippen LogP contribution in [0, 0.1) is 20.8 Å².